The molecule has 1 fully saturated rings. The fourth-order valence-corrected chi connectivity index (χ4v) is 3.80. The molecule has 0 aliphatic heterocycles. The number of nitrogens with zero attached hydrogens (tertiary/aromatic N) is 3. The van der Waals surface area contributed by atoms with E-state index in [4.69, 9.17) is 14.4 Å². The van der Waals surface area contributed by atoms with Gasteiger partial charge in [0.05, 0.1) is 11.0 Å². The van der Waals surface area contributed by atoms with Gasteiger partial charge in [-0.1, -0.05) is 30.0 Å². The minimum atomic E-state index is 0.0298. The Bertz CT molecular complexity index is 1180. The zero-order valence-corrected chi connectivity index (χ0v) is 16.5. The van der Waals surface area contributed by atoms with Gasteiger partial charge < -0.3 is 9.32 Å². The first kappa shape index (κ1) is 17.3. The van der Waals surface area contributed by atoms with Crippen LogP contribution in [0, 0.1) is 0 Å². The normalized spacial score (nSPS) is 13.9. The highest BCUT2D eigenvalue weighted by molar-refractivity contribution is 8.13. The number of para-hydroxylation sites is 1. The van der Waals surface area contributed by atoms with Crippen LogP contribution in [-0.2, 0) is 0 Å². The molecule has 0 bridgehead atoms. The molecule has 2 aromatic heterocycles. The standard InChI is InChI=1S/C22H19N3O2S/c1-25(15-8-9-15)21-20(19-12-13-5-3-4-6-18(13)27-19)23-16-10-7-14(22(26)28-2)11-17(16)24-21/h3-7,10-12,15H,8-9H2,1-2H3. The van der Waals surface area contributed by atoms with Crippen molar-refractivity contribution in [2.24, 2.45) is 0 Å². The van der Waals surface area contributed by atoms with Crippen LogP contribution in [0.1, 0.15) is 23.2 Å². The SMILES string of the molecule is CSC(=O)c1ccc2nc(-c3cc4ccccc4o3)c(N(C)C3CC3)nc2c1. The fraction of sp³-hybridized carbons (Fsp3) is 0.227. The van der Waals surface area contributed by atoms with Gasteiger partial charge in [-0.2, -0.15) is 0 Å². The number of hydrogen-bond acceptors (Lipinski definition) is 6. The Hall–Kier alpha value is -2.86. The first-order chi connectivity index (χ1) is 13.6. The van der Waals surface area contributed by atoms with Gasteiger partial charge in [0.2, 0.25) is 5.12 Å². The molecule has 1 aliphatic carbocycles. The molecular formula is C22H19N3O2S. The zero-order chi connectivity index (χ0) is 19.3. The van der Waals surface area contributed by atoms with Crippen LogP contribution in [-0.4, -0.2) is 34.4 Å². The number of fused-ring (bicyclic) bond motifs is 2. The second-order valence-corrected chi connectivity index (χ2v) is 7.86. The van der Waals surface area contributed by atoms with Crippen molar-refractivity contribution >= 4 is 44.7 Å². The number of rotatable bonds is 4. The summed E-state index contributed by atoms with van der Waals surface area (Å²) in [5, 5.41) is 1.07. The van der Waals surface area contributed by atoms with Crippen LogP contribution in [0.25, 0.3) is 33.5 Å². The number of hydrogen-bond donors (Lipinski definition) is 0. The van der Waals surface area contributed by atoms with Gasteiger partial charge in [0, 0.05) is 24.0 Å². The second kappa shape index (κ2) is 6.63. The third-order valence-corrected chi connectivity index (χ3v) is 5.76. The topological polar surface area (TPSA) is 59.2 Å². The second-order valence-electron chi connectivity index (χ2n) is 7.08. The smallest absolute Gasteiger partial charge is 0.219 e. The minimum absolute atomic E-state index is 0.0298. The minimum Gasteiger partial charge on any atom is -0.454 e. The molecule has 0 saturated heterocycles. The summed E-state index contributed by atoms with van der Waals surface area (Å²) in [6.45, 7) is 0. The molecule has 4 aromatic rings. The Morgan fingerprint density at radius 3 is 2.68 bits per heavy atom. The third-order valence-electron chi connectivity index (χ3n) is 5.15. The summed E-state index contributed by atoms with van der Waals surface area (Å²) >= 11 is 1.20. The van der Waals surface area contributed by atoms with Crippen molar-refractivity contribution < 1.29 is 9.21 Å². The lowest BCUT2D eigenvalue weighted by Gasteiger charge is -2.20. The van der Waals surface area contributed by atoms with Crippen molar-refractivity contribution in [3.05, 3.63) is 54.1 Å². The Balaban J connectivity index is 1.71. The van der Waals surface area contributed by atoms with Gasteiger partial charge in [-0.25, -0.2) is 9.97 Å². The molecule has 2 aromatic carbocycles. The lowest BCUT2D eigenvalue weighted by molar-refractivity contribution is 0.108. The van der Waals surface area contributed by atoms with Crippen molar-refractivity contribution in [2.75, 3.05) is 18.2 Å². The van der Waals surface area contributed by atoms with E-state index in [9.17, 15) is 4.79 Å². The average molecular weight is 389 g/mol. The van der Waals surface area contributed by atoms with Gasteiger partial charge in [-0.3, -0.25) is 4.79 Å². The van der Waals surface area contributed by atoms with Crippen LogP contribution in [0.2, 0.25) is 0 Å². The van der Waals surface area contributed by atoms with Crippen molar-refractivity contribution in [3.63, 3.8) is 0 Å². The Kier molecular flexibility index (Phi) is 4.09. The van der Waals surface area contributed by atoms with Gasteiger partial charge >= 0.3 is 0 Å². The van der Waals surface area contributed by atoms with E-state index >= 15 is 0 Å². The fourth-order valence-electron chi connectivity index (χ4n) is 3.43. The molecule has 2 heterocycles. The lowest BCUT2D eigenvalue weighted by Crippen LogP contribution is -2.22. The number of thioether (sulfide) groups is 1. The number of carbonyl (C=O) groups is 1. The summed E-state index contributed by atoms with van der Waals surface area (Å²) in [5.41, 5.74) is 3.69. The van der Waals surface area contributed by atoms with E-state index in [1.54, 1.807) is 6.26 Å². The predicted octanol–water partition coefficient (Wildman–Crippen LogP) is 5.14. The van der Waals surface area contributed by atoms with E-state index < -0.39 is 0 Å². The quantitative estimate of drug-likeness (QED) is 0.481. The first-order valence-corrected chi connectivity index (χ1v) is 10.5. The summed E-state index contributed by atoms with van der Waals surface area (Å²) in [7, 11) is 2.05. The van der Waals surface area contributed by atoms with E-state index in [1.807, 2.05) is 48.5 Å². The monoisotopic (exact) mass is 389 g/mol. The Labute approximate surface area is 166 Å². The summed E-state index contributed by atoms with van der Waals surface area (Å²) < 4.78 is 6.09. The predicted molar refractivity (Wildman–Crippen MR) is 114 cm³/mol. The van der Waals surface area contributed by atoms with Gasteiger partial charge in [0.1, 0.15) is 11.3 Å². The molecular weight excluding hydrogens is 370 g/mol. The summed E-state index contributed by atoms with van der Waals surface area (Å²) in [6.07, 6.45) is 4.09. The van der Waals surface area contributed by atoms with Crippen LogP contribution in [0.15, 0.2) is 52.9 Å². The number of anilines is 1. The molecule has 0 radical (unpaired) electrons. The van der Waals surface area contributed by atoms with Crippen molar-refractivity contribution in [1.29, 1.82) is 0 Å². The van der Waals surface area contributed by atoms with Crippen LogP contribution in [0.4, 0.5) is 5.82 Å². The molecule has 0 spiro atoms. The van der Waals surface area contributed by atoms with E-state index in [1.165, 1.54) is 11.8 Å². The van der Waals surface area contributed by atoms with Gasteiger partial charge in [-0.15, -0.1) is 0 Å². The van der Waals surface area contributed by atoms with Gasteiger partial charge in [0.15, 0.2) is 11.6 Å². The molecule has 140 valence electrons. The molecule has 6 heteroatoms. The summed E-state index contributed by atoms with van der Waals surface area (Å²) in [6, 6.07) is 15.9. The molecule has 0 N–H and O–H groups in total. The zero-order valence-electron chi connectivity index (χ0n) is 15.7. The molecule has 28 heavy (non-hydrogen) atoms. The summed E-state index contributed by atoms with van der Waals surface area (Å²) in [4.78, 5) is 24.0. The Morgan fingerprint density at radius 1 is 1.11 bits per heavy atom. The maximum absolute atomic E-state index is 12.1. The van der Waals surface area contributed by atoms with Crippen molar-refractivity contribution in [2.45, 2.75) is 18.9 Å². The molecule has 1 saturated carbocycles. The largest absolute Gasteiger partial charge is 0.454 e. The van der Waals surface area contributed by atoms with Crippen LogP contribution in [0.5, 0.6) is 0 Å². The number of aromatic nitrogens is 2. The molecule has 0 amide bonds. The highest BCUT2D eigenvalue weighted by atomic mass is 32.2. The summed E-state index contributed by atoms with van der Waals surface area (Å²) in [5.74, 6) is 1.50. The van der Waals surface area contributed by atoms with E-state index in [0.29, 0.717) is 17.4 Å². The van der Waals surface area contributed by atoms with E-state index in [0.717, 1.165) is 46.4 Å². The van der Waals surface area contributed by atoms with Crippen LogP contribution in [0.3, 0.4) is 0 Å². The van der Waals surface area contributed by atoms with Crippen molar-refractivity contribution in [1.82, 2.24) is 9.97 Å². The van der Waals surface area contributed by atoms with Gasteiger partial charge in [-0.05, 0) is 49.4 Å². The highest BCUT2D eigenvalue weighted by Crippen LogP contribution is 2.37. The average Bonchev–Trinajstić information content (AvgIpc) is 3.49. The van der Waals surface area contributed by atoms with E-state index in [-0.39, 0.29) is 5.12 Å². The molecule has 5 rings (SSSR count). The van der Waals surface area contributed by atoms with Crippen molar-refractivity contribution in [3.8, 4) is 11.5 Å². The lowest BCUT2D eigenvalue weighted by atomic mass is 10.2. The number of benzene rings is 2. The number of furan rings is 1. The van der Waals surface area contributed by atoms with E-state index in [2.05, 4.69) is 11.9 Å². The van der Waals surface area contributed by atoms with Gasteiger partial charge in [0.25, 0.3) is 0 Å². The maximum atomic E-state index is 12.1. The van der Waals surface area contributed by atoms with Crippen LogP contribution < -0.4 is 4.90 Å². The van der Waals surface area contributed by atoms with Crippen LogP contribution >= 0.6 is 11.8 Å². The molecule has 0 atom stereocenters. The number of carbonyl (C=O) groups excluding carboxylic acids is 1. The maximum Gasteiger partial charge on any atom is 0.219 e. The first-order valence-electron chi connectivity index (χ1n) is 9.26. The third kappa shape index (κ3) is 2.94. The molecule has 1 aliphatic rings. The molecule has 5 nitrogen and oxygen atoms in total. The highest BCUT2D eigenvalue weighted by Gasteiger charge is 2.30. The Morgan fingerprint density at radius 2 is 1.93 bits per heavy atom. The molecule has 0 unspecified atom stereocenters.